The van der Waals surface area contributed by atoms with Crippen LogP contribution in [0.5, 0.6) is 0 Å². The van der Waals surface area contributed by atoms with Crippen LogP contribution in [0.15, 0.2) is 121 Å². The second-order valence-electron chi connectivity index (χ2n) is 9.36. The summed E-state index contributed by atoms with van der Waals surface area (Å²) in [6, 6.07) is 40.2. The maximum Gasteiger partial charge on any atom is 0.164 e. The van der Waals surface area contributed by atoms with Crippen molar-refractivity contribution in [3.05, 3.63) is 144 Å². The molecular weight excluding hydrogens is 475 g/mol. The molecule has 1 saturated heterocycles. The molecule has 0 unspecified atom stereocenters. The zero-order valence-electron chi connectivity index (χ0n) is 19.8. The first-order chi connectivity index (χ1) is 16.9. The maximum absolute atomic E-state index is 7.74. The molecule has 4 heteroatoms. The van der Waals surface area contributed by atoms with Gasteiger partial charge in [0, 0.05) is 0 Å². The van der Waals surface area contributed by atoms with Crippen LogP contribution in [0.4, 0.5) is 0 Å². The van der Waals surface area contributed by atoms with Crippen LogP contribution in [-0.2, 0) is 19.2 Å². The molecule has 0 spiro atoms. The minimum atomic E-state index is -1.05. The van der Waals surface area contributed by atoms with Gasteiger partial charge in [0.15, 0.2) is 5.79 Å². The van der Waals surface area contributed by atoms with Crippen molar-refractivity contribution in [1.82, 2.24) is 0 Å². The normalized spacial score (nSPS) is 20.0. The monoisotopic (exact) mass is 502 g/mol. The fourth-order valence-corrected chi connectivity index (χ4v) is 5.88. The Labute approximate surface area is 217 Å². The highest BCUT2D eigenvalue weighted by Gasteiger charge is 2.61. The number of benzene rings is 4. The van der Waals surface area contributed by atoms with Crippen LogP contribution in [0.2, 0.25) is 0 Å². The average Bonchev–Trinajstić information content (AvgIpc) is 3.26. The summed E-state index contributed by atoms with van der Waals surface area (Å²) in [6.45, 7) is 3.83. The van der Waals surface area contributed by atoms with E-state index in [9.17, 15) is 0 Å². The SMILES string of the molecule is CC1(C)O[C@@H](C(Cl)(c2ccccc2)c2ccccc2)[C@@H](C(Cl)(c2ccccc2)c2ccccc2)O1. The van der Waals surface area contributed by atoms with Gasteiger partial charge in [-0.1, -0.05) is 121 Å². The van der Waals surface area contributed by atoms with Crippen LogP contribution in [0.25, 0.3) is 0 Å². The lowest BCUT2D eigenvalue weighted by atomic mass is 9.76. The van der Waals surface area contributed by atoms with E-state index in [1.165, 1.54) is 0 Å². The van der Waals surface area contributed by atoms with Gasteiger partial charge in [0.05, 0.1) is 0 Å². The molecule has 5 rings (SSSR count). The zero-order valence-corrected chi connectivity index (χ0v) is 21.3. The summed E-state index contributed by atoms with van der Waals surface area (Å²) in [5.74, 6) is -0.900. The molecule has 2 nitrogen and oxygen atoms in total. The van der Waals surface area contributed by atoms with Gasteiger partial charge in [-0.3, -0.25) is 0 Å². The molecule has 1 fully saturated rings. The molecule has 35 heavy (non-hydrogen) atoms. The lowest BCUT2D eigenvalue weighted by Crippen LogP contribution is -2.50. The van der Waals surface area contributed by atoms with Crippen molar-refractivity contribution in [3.63, 3.8) is 0 Å². The fraction of sp³-hybridized carbons (Fsp3) is 0.226. The lowest BCUT2D eigenvalue weighted by Gasteiger charge is -2.42. The zero-order chi connectivity index (χ0) is 24.5. The Balaban J connectivity index is 1.76. The molecule has 2 atom stereocenters. The molecule has 1 aliphatic rings. The second kappa shape index (κ2) is 9.44. The standard InChI is InChI=1S/C31H28Cl2O2/c1-29(2)34-27(30(32,23-15-7-3-8-16-23)24-17-9-4-10-18-24)28(35-29)31(33,25-19-11-5-12-20-25)26-21-13-6-14-22-26/h3-22,27-28H,1-2H3/t27-,28+. The van der Waals surface area contributed by atoms with Crippen molar-refractivity contribution < 1.29 is 9.47 Å². The van der Waals surface area contributed by atoms with E-state index in [-0.39, 0.29) is 0 Å². The Kier molecular flexibility index (Phi) is 6.50. The molecule has 0 saturated carbocycles. The smallest absolute Gasteiger partial charge is 0.164 e. The highest BCUT2D eigenvalue weighted by Crippen LogP contribution is 2.55. The van der Waals surface area contributed by atoms with Gasteiger partial charge in [0.1, 0.15) is 22.0 Å². The lowest BCUT2D eigenvalue weighted by molar-refractivity contribution is -0.150. The highest BCUT2D eigenvalue weighted by molar-refractivity contribution is 6.28. The van der Waals surface area contributed by atoms with E-state index in [4.69, 9.17) is 32.7 Å². The Morgan fingerprint density at radius 2 is 0.714 bits per heavy atom. The van der Waals surface area contributed by atoms with Gasteiger partial charge in [-0.15, -0.1) is 23.2 Å². The van der Waals surface area contributed by atoms with Crippen molar-refractivity contribution in [2.24, 2.45) is 0 Å². The van der Waals surface area contributed by atoms with Gasteiger partial charge in [0.25, 0.3) is 0 Å². The summed E-state index contributed by atoms with van der Waals surface area (Å²) >= 11 is 15.5. The van der Waals surface area contributed by atoms with Crippen molar-refractivity contribution in [2.75, 3.05) is 0 Å². The minimum absolute atomic E-state index is 0.609. The third-order valence-corrected chi connectivity index (χ3v) is 7.96. The molecule has 1 aliphatic heterocycles. The first-order valence-electron chi connectivity index (χ1n) is 11.8. The van der Waals surface area contributed by atoms with Crippen molar-refractivity contribution in [3.8, 4) is 0 Å². The quantitative estimate of drug-likeness (QED) is 0.249. The van der Waals surface area contributed by atoms with Gasteiger partial charge in [0.2, 0.25) is 0 Å². The summed E-state index contributed by atoms with van der Waals surface area (Å²) in [5.41, 5.74) is 3.68. The minimum Gasteiger partial charge on any atom is -0.342 e. The first kappa shape index (κ1) is 24.1. The summed E-state index contributed by atoms with van der Waals surface area (Å²) in [7, 11) is 0. The summed E-state index contributed by atoms with van der Waals surface area (Å²) in [4.78, 5) is -2.10. The third kappa shape index (κ3) is 4.30. The van der Waals surface area contributed by atoms with Crippen molar-refractivity contribution >= 4 is 23.2 Å². The van der Waals surface area contributed by atoms with E-state index in [0.29, 0.717) is 0 Å². The molecule has 0 aliphatic carbocycles. The summed E-state index contributed by atoms with van der Waals surface area (Å²) < 4.78 is 13.4. The van der Waals surface area contributed by atoms with Crippen molar-refractivity contribution in [1.29, 1.82) is 0 Å². The molecular formula is C31H28Cl2O2. The molecule has 0 radical (unpaired) electrons. The second-order valence-corrected chi connectivity index (χ2v) is 10.6. The van der Waals surface area contributed by atoms with Crippen LogP contribution in [0, 0.1) is 0 Å². The van der Waals surface area contributed by atoms with E-state index in [0.717, 1.165) is 22.3 Å². The van der Waals surface area contributed by atoms with E-state index in [1.54, 1.807) is 0 Å². The first-order valence-corrected chi connectivity index (χ1v) is 12.6. The van der Waals surface area contributed by atoms with Crippen LogP contribution in [-0.4, -0.2) is 18.0 Å². The van der Waals surface area contributed by atoms with Gasteiger partial charge in [-0.2, -0.15) is 0 Å². The molecule has 0 bridgehead atoms. The number of halogens is 2. The highest BCUT2D eigenvalue weighted by atomic mass is 35.5. The molecule has 4 aromatic carbocycles. The van der Waals surface area contributed by atoms with Gasteiger partial charge in [-0.05, 0) is 36.1 Å². The molecule has 0 amide bonds. The Morgan fingerprint density at radius 3 is 0.943 bits per heavy atom. The fourth-order valence-electron chi connectivity index (χ4n) is 5.06. The maximum atomic E-state index is 7.74. The largest absolute Gasteiger partial charge is 0.342 e. The van der Waals surface area contributed by atoms with E-state index >= 15 is 0 Å². The van der Waals surface area contributed by atoms with E-state index in [1.807, 2.05) is 135 Å². The Bertz CT molecular complexity index is 1070. The molecule has 0 aromatic heterocycles. The number of alkyl halides is 2. The van der Waals surface area contributed by atoms with Crippen LogP contribution >= 0.6 is 23.2 Å². The topological polar surface area (TPSA) is 18.5 Å². The molecule has 178 valence electrons. The predicted octanol–water partition coefficient (Wildman–Crippen LogP) is 7.87. The molecule has 1 heterocycles. The Hall–Kier alpha value is -2.62. The van der Waals surface area contributed by atoms with Crippen LogP contribution in [0.1, 0.15) is 36.1 Å². The third-order valence-electron chi connectivity index (χ3n) is 6.66. The summed E-state index contributed by atoms with van der Waals surface area (Å²) in [6.07, 6.45) is -1.22. The number of hydrogen-bond acceptors (Lipinski definition) is 2. The van der Waals surface area contributed by atoms with E-state index < -0.39 is 27.7 Å². The molecule has 4 aromatic rings. The van der Waals surface area contributed by atoms with Crippen LogP contribution in [0.3, 0.4) is 0 Å². The molecule has 0 N–H and O–H groups in total. The van der Waals surface area contributed by atoms with Crippen molar-refractivity contribution in [2.45, 2.75) is 41.6 Å². The summed E-state index contributed by atoms with van der Waals surface area (Å²) in [5, 5.41) is 0. The van der Waals surface area contributed by atoms with E-state index in [2.05, 4.69) is 0 Å². The van der Waals surface area contributed by atoms with Gasteiger partial charge in [-0.25, -0.2) is 0 Å². The van der Waals surface area contributed by atoms with Crippen LogP contribution < -0.4 is 0 Å². The van der Waals surface area contributed by atoms with Gasteiger partial charge >= 0.3 is 0 Å². The number of ether oxygens (including phenoxy) is 2. The number of hydrogen-bond donors (Lipinski definition) is 0. The predicted molar refractivity (Wildman–Crippen MR) is 143 cm³/mol. The number of rotatable bonds is 6. The average molecular weight is 503 g/mol. The van der Waals surface area contributed by atoms with Gasteiger partial charge < -0.3 is 9.47 Å². The Morgan fingerprint density at radius 1 is 0.486 bits per heavy atom.